The lowest BCUT2D eigenvalue weighted by Gasteiger charge is -2.31. The van der Waals surface area contributed by atoms with Crippen molar-refractivity contribution < 1.29 is 13.2 Å². The van der Waals surface area contributed by atoms with Crippen molar-refractivity contribution in [1.29, 1.82) is 0 Å². The average molecular weight is 400 g/mol. The van der Waals surface area contributed by atoms with E-state index >= 15 is 0 Å². The summed E-state index contributed by atoms with van der Waals surface area (Å²) in [7, 11) is -1.92. The second-order valence-corrected chi connectivity index (χ2v) is 8.30. The third-order valence-corrected chi connectivity index (χ3v) is 6.12. The maximum Gasteiger partial charge on any atom is 0.262 e. The first-order chi connectivity index (χ1) is 13.5. The van der Waals surface area contributed by atoms with Gasteiger partial charge in [-0.15, -0.1) is 0 Å². The molecular formula is C18H20N6O3S. The molecule has 0 bridgehead atoms. The second-order valence-electron chi connectivity index (χ2n) is 6.41. The summed E-state index contributed by atoms with van der Waals surface area (Å²) in [4.78, 5) is 12.6. The van der Waals surface area contributed by atoms with Crippen molar-refractivity contribution in [2.45, 2.75) is 11.1 Å². The van der Waals surface area contributed by atoms with Gasteiger partial charge in [-0.3, -0.25) is 4.98 Å². The van der Waals surface area contributed by atoms with Gasteiger partial charge in [0.05, 0.1) is 30.5 Å². The summed E-state index contributed by atoms with van der Waals surface area (Å²) in [6.45, 7) is 0.778. The second kappa shape index (κ2) is 7.66. The number of ether oxygens (including phenoxy) is 1. The third-order valence-electron chi connectivity index (χ3n) is 4.37. The molecule has 0 saturated carbocycles. The van der Waals surface area contributed by atoms with E-state index in [1.807, 2.05) is 30.3 Å². The monoisotopic (exact) mass is 400 g/mol. The van der Waals surface area contributed by atoms with Crippen molar-refractivity contribution in [3.63, 3.8) is 0 Å². The fraction of sp³-hybridized carbons (Fsp3) is 0.278. The van der Waals surface area contributed by atoms with E-state index in [1.54, 1.807) is 24.0 Å². The van der Waals surface area contributed by atoms with Crippen LogP contribution in [0.25, 0.3) is 0 Å². The van der Waals surface area contributed by atoms with Crippen LogP contribution in [0.1, 0.15) is 11.8 Å². The maximum atomic E-state index is 12.8. The Bertz CT molecular complexity index is 1040. The van der Waals surface area contributed by atoms with Crippen LogP contribution in [-0.2, 0) is 21.8 Å². The Morgan fingerprint density at radius 3 is 2.75 bits per heavy atom. The van der Waals surface area contributed by atoms with Crippen LogP contribution in [0.3, 0.4) is 0 Å². The van der Waals surface area contributed by atoms with Gasteiger partial charge >= 0.3 is 0 Å². The summed E-state index contributed by atoms with van der Waals surface area (Å²) in [5.74, 6) is 0.721. The van der Waals surface area contributed by atoms with Gasteiger partial charge < -0.3 is 14.6 Å². The van der Waals surface area contributed by atoms with E-state index in [-0.39, 0.29) is 18.1 Å². The van der Waals surface area contributed by atoms with E-state index in [9.17, 15) is 8.42 Å². The lowest BCUT2D eigenvalue weighted by Crippen LogP contribution is -2.42. The minimum atomic E-state index is -3.66. The molecule has 1 saturated heterocycles. The molecule has 28 heavy (non-hydrogen) atoms. The average Bonchev–Trinajstić information content (AvgIpc) is 3.17. The molecule has 1 N–H and O–H groups in total. The number of aryl methyl sites for hydroxylation is 1. The molecule has 1 atom stereocenters. The van der Waals surface area contributed by atoms with Crippen molar-refractivity contribution in [2.24, 2.45) is 7.05 Å². The molecule has 3 aromatic heterocycles. The van der Waals surface area contributed by atoms with Crippen LogP contribution in [0, 0.1) is 0 Å². The molecular weight excluding hydrogens is 380 g/mol. The number of morpholine rings is 1. The Kier molecular flexibility index (Phi) is 5.07. The van der Waals surface area contributed by atoms with Crippen molar-refractivity contribution in [3.8, 4) is 0 Å². The molecule has 146 valence electrons. The lowest BCUT2D eigenvalue weighted by atomic mass is 10.2. The summed E-state index contributed by atoms with van der Waals surface area (Å²) in [6.07, 6.45) is 5.92. The zero-order chi connectivity index (χ0) is 19.6. The van der Waals surface area contributed by atoms with E-state index in [4.69, 9.17) is 4.74 Å². The SMILES string of the molecule is Cn1cnc(S(=O)(=O)N2CCOC(c3ccc(Nc4ccccn4)cn3)C2)c1. The third kappa shape index (κ3) is 3.88. The number of hydrogen-bond donors (Lipinski definition) is 1. The Labute approximate surface area is 163 Å². The summed E-state index contributed by atoms with van der Waals surface area (Å²) >= 11 is 0. The van der Waals surface area contributed by atoms with Gasteiger partial charge in [-0.25, -0.2) is 18.4 Å². The van der Waals surface area contributed by atoms with Crippen LogP contribution in [-0.4, -0.2) is 51.9 Å². The van der Waals surface area contributed by atoms with E-state index in [2.05, 4.69) is 20.3 Å². The van der Waals surface area contributed by atoms with Gasteiger partial charge in [-0.2, -0.15) is 4.31 Å². The molecule has 1 fully saturated rings. The van der Waals surface area contributed by atoms with Gasteiger partial charge in [0.2, 0.25) is 0 Å². The fourth-order valence-corrected chi connectivity index (χ4v) is 4.32. The molecule has 1 aliphatic heterocycles. The van der Waals surface area contributed by atoms with Crippen LogP contribution in [0.5, 0.6) is 0 Å². The highest BCUT2D eigenvalue weighted by Crippen LogP contribution is 2.25. The number of imidazole rings is 1. The van der Waals surface area contributed by atoms with E-state index in [1.165, 1.54) is 16.8 Å². The van der Waals surface area contributed by atoms with Crippen LogP contribution < -0.4 is 5.32 Å². The number of sulfonamides is 1. The van der Waals surface area contributed by atoms with E-state index in [0.29, 0.717) is 12.3 Å². The molecule has 4 rings (SSSR count). The predicted octanol–water partition coefficient (Wildman–Crippen LogP) is 1.72. The Hall–Kier alpha value is -2.82. The minimum Gasteiger partial charge on any atom is -0.369 e. The van der Waals surface area contributed by atoms with E-state index < -0.39 is 16.1 Å². The highest BCUT2D eigenvalue weighted by Gasteiger charge is 2.33. The highest BCUT2D eigenvalue weighted by atomic mass is 32.2. The Morgan fingerprint density at radius 1 is 1.18 bits per heavy atom. The lowest BCUT2D eigenvalue weighted by molar-refractivity contribution is -0.00498. The summed E-state index contributed by atoms with van der Waals surface area (Å²) in [5, 5.41) is 3.20. The molecule has 9 nitrogen and oxygen atoms in total. The van der Waals surface area contributed by atoms with Crippen LogP contribution in [0.4, 0.5) is 11.5 Å². The molecule has 1 unspecified atom stereocenters. The van der Waals surface area contributed by atoms with Gasteiger partial charge in [0.25, 0.3) is 10.0 Å². The van der Waals surface area contributed by atoms with Crippen molar-refractivity contribution >= 4 is 21.5 Å². The molecule has 3 aromatic rings. The molecule has 0 spiro atoms. The molecule has 0 aromatic carbocycles. The zero-order valence-corrected chi connectivity index (χ0v) is 16.1. The molecule has 4 heterocycles. The standard InChI is InChI=1S/C18H20N6O3S/c1-23-12-18(21-13-23)28(25,26)24-8-9-27-16(11-24)15-6-5-14(10-20-15)22-17-4-2-3-7-19-17/h2-7,10,12-13,16H,8-9,11H2,1H3,(H,19,22). The topological polar surface area (TPSA) is 102 Å². The van der Waals surface area contributed by atoms with Crippen molar-refractivity contribution in [3.05, 3.63) is 60.9 Å². The summed E-state index contributed by atoms with van der Waals surface area (Å²) in [5.41, 5.74) is 1.46. The minimum absolute atomic E-state index is 0.0403. The molecule has 0 radical (unpaired) electrons. The highest BCUT2D eigenvalue weighted by molar-refractivity contribution is 7.89. The summed E-state index contributed by atoms with van der Waals surface area (Å²) < 4.78 is 34.4. The largest absolute Gasteiger partial charge is 0.369 e. The number of nitrogens with one attached hydrogen (secondary N) is 1. The normalized spacial score (nSPS) is 18.1. The quantitative estimate of drug-likeness (QED) is 0.696. The number of aromatic nitrogens is 4. The van der Waals surface area contributed by atoms with E-state index in [0.717, 1.165) is 11.5 Å². The number of rotatable bonds is 5. The first kappa shape index (κ1) is 18.5. The number of nitrogens with zero attached hydrogens (tertiary/aromatic N) is 5. The van der Waals surface area contributed by atoms with Gasteiger partial charge in [0, 0.05) is 32.5 Å². The number of pyridine rings is 2. The Morgan fingerprint density at radius 2 is 2.07 bits per heavy atom. The van der Waals surface area contributed by atoms with Crippen molar-refractivity contribution in [1.82, 2.24) is 23.8 Å². The van der Waals surface area contributed by atoms with Crippen LogP contribution in [0.2, 0.25) is 0 Å². The van der Waals surface area contributed by atoms with Gasteiger partial charge in [0.1, 0.15) is 11.9 Å². The molecule has 0 aliphatic carbocycles. The smallest absolute Gasteiger partial charge is 0.262 e. The first-order valence-corrected chi connectivity index (χ1v) is 10.2. The maximum absolute atomic E-state index is 12.8. The molecule has 1 aliphatic rings. The van der Waals surface area contributed by atoms with Crippen LogP contribution in [0.15, 0.2) is 60.3 Å². The number of hydrogen-bond acceptors (Lipinski definition) is 7. The van der Waals surface area contributed by atoms with Gasteiger partial charge in [-0.1, -0.05) is 6.07 Å². The fourth-order valence-electron chi connectivity index (χ4n) is 2.93. The predicted molar refractivity (Wildman–Crippen MR) is 102 cm³/mol. The number of anilines is 2. The summed E-state index contributed by atoms with van der Waals surface area (Å²) in [6, 6.07) is 9.29. The Balaban J connectivity index is 1.47. The molecule has 0 amide bonds. The van der Waals surface area contributed by atoms with Gasteiger partial charge in [-0.05, 0) is 24.3 Å². The van der Waals surface area contributed by atoms with Crippen LogP contribution >= 0.6 is 0 Å². The van der Waals surface area contributed by atoms with Crippen molar-refractivity contribution in [2.75, 3.05) is 25.0 Å². The zero-order valence-electron chi connectivity index (χ0n) is 15.3. The first-order valence-electron chi connectivity index (χ1n) is 8.76. The van der Waals surface area contributed by atoms with Gasteiger partial charge in [0.15, 0.2) is 5.03 Å². The molecule has 10 heteroatoms.